The zero-order chi connectivity index (χ0) is 13.9. The molecule has 3 heteroatoms. The summed E-state index contributed by atoms with van der Waals surface area (Å²) in [7, 11) is 0. The van der Waals surface area contributed by atoms with Gasteiger partial charge in [0.05, 0.1) is 12.3 Å². The number of unbranched alkanes of at least 4 members (excludes halogenated alkanes) is 8. The Morgan fingerprint density at radius 3 is 2.26 bits per heavy atom. The Labute approximate surface area is 116 Å². The smallest absolute Gasteiger partial charge is 0.321 e. The molecular formula is C16H26O3. The van der Waals surface area contributed by atoms with E-state index in [0.29, 0.717) is 0 Å². The van der Waals surface area contributed by atoms with Gasteiger partial charge in [0.15, 0.2) is 0 Å². The van der Waals surface area contributed by atoms with Crippen molar-refractivity contribution in [3.05, 3.63) is 12.2 Å². The summed E-state index contributed by atoms with van der Waals surface area (Å²) in [4.78, 5) is 22.1. The lowest BCUT2D eigenvalue weighted by molar-refractivity contribution is -0.152. The SMILES string of the molecule is CCCCCCCCCC/C=C\[C@H]1CC(=O)OC1=O. The molecule has 0 bridgehead atoms. The molecule has 19 heavy (non-hydrogen) atoms. The quantitative estimate of drug-likeness (QED) is 0.258. The van der Waals surface area contributed by atoms with E-state index in [9.17, 15) is 9.59 Å². The van der Waals surface area contributed by atoms with Crippen LogP contribution in [0.5, 0.6) is 0 Å². The van der Waals surface area contributed by atoms with E-state index in [1.165, 1.54) is 51.4 Å². The van der Waals surface area contributed by atoms with Crippen molar-refractivity contribution in [1.82, 2.24) is 0 Å². The highest BCUT2D eigenvalue weighted by molar-refractivity contribution is 5.95. The van der Waals surface area contributed by atoms with Gasteiger partial charge in [-0.1, -0.05) is 64.0 Å². The second kappa shape index (κ2) is 9.76. The molecule has 1 saturated heterocycles. The molecule has 0 saturated carbocycles. The van der Waals surface area contributed by atoms with Gasteiger partial charge in [-0.05, 0) is 12.8 Å². The molecule has 0 aromatic rings. The molecule has 0 radical (unpaired) electrons. The number of carbonyl (C=O) groups is 2. The fourth-order valence-corrected chi connectivity index (χ4v) is 2.30. The van der Waals surface area contributed by atoms with Crippen molar-refractivity contribution >= 4 is 11.9 Å². The molecule has 0 aromatic heterocycles. The lowest BCUT2D eigenvalue weighted by Gasteiger charge is -2.00. The maximum Gasteiger partial charge on any atom is 0.321 e. The third kappa shape index (κ3) is 7.14. The normalized spacial score (nSPS) is 19.3. The average molecular weight is 266 g/mol. The molecule has 0 N–H and O–H groups in total. The van der Waals surface area contributed by atoms with Crippen molar-refractivity contribution < 1.29 is 14.3 Å². The average Bonchev–Trinajstić information content (AvgIpc) is 2.70. The first-order chi connectivity index (χ1) is 9.24. The van der Waals surface area contributed by atoms with Gasteiger partial charge in [0.2, 0.25) is 0 Å². The number of cyclic esters (lactones) is 2. The molecule has 1 aliphatic rings. The lowest BCUT2D eigenvalue weighted by atomic mass is 10.0. The number of ether oxygens (including phenoxy) is 1. The molecule has 0 unspecified atom stereocenters. The van der Waals surface area contributed by atoms with Crippen LogP contribution in [0.4, 0.5) is 0 Å². The van der Waals surface area contributed by atoms with Gasteiger partial charge in [0, 0.05) is 0 Å². The minimum absolute atomic E-state index is 0.215. The van der Waals surface area contributed by atoms with Gasteiger partial charge in [-0.15, -0.1) is 0 Å². The number of rotatable bonds is 10. The Morgan fingerprint density at radius 1 is 1.05 bits per heavy atom. The van der Waals surface area contributed by atoms with Crippen LogP contribution in [-0.4, -0.2) is 11.9 Å². The Bertz CT molecular complexity index is 307. The minimum atomic E-state index is -0.397. The molecule has 1 rings (SSSR count). The molecular weight excluding hydrogens is 240 g/mol. The summed E-state index contributed by atoms with van der Waals surface area (Å²) in [5, 5.41) is 0. The van der Waals surface area contributed by atoms with Crippen molar-refractivity contribution in [3.8, 4) is 0 Å². The molecule has 1 atom stereocenters. The van der Waals surface area contributed by atoms with E-state index < -0.39 is 11.9 Å². The molecule has 0 aliphatic carbocycles. The number of hydrogen-bond acceptors (Lipinski definition) is 3. The first-order valence-electron chi connectivity index (χ1n) is 7.65. The second-order valence-electron chi connectivity index (χ2n) is 5.30. The molecule has 1 aliphatic heterocycles. The topological polar surface area (TPSA) is 43.4 Å². The summed E-state index contributed by atoms with van der Waals surface area (Å²) in [5.74, 6) is -1.12. The molecule has 1 fully saturated rings. The maximum atomic E-state index is 11.2. The Morgan fingerprint density at radius 2 is 1.68 bits per heavy atom. The van der Waals surface area contributed by atoms with E-state index >= 15 is 0 Å². The van der Waals surface area contributed by atoms with Crippen molar-refractivity contribution in [3.63, 3.8) is 0 Å². The first kappa shape index (κ1) is 15.9. The Hall–Kier alpha value is -1.12. The summed E-state index contributed by atoms with van der Waals surface area (Å²) in [6.07, 6.45) is 15.5. The van der Waals surface area contributed by atoms with Gasteiger partial charge in [-0.2, -0.15) is 0 Å². The number of esters is 2. The lowest BCUT2D eigenvalue weighted by Crippen LogP contribution is -2.03. The van der Waals surface area contributed by atoms with Gasteiger partial charge in [-0.25, -0.2) is 0 Å². The Kier molecular flexibility index (Phi) is 8.19. The van der Waals surface area contributed by atoms with Crippen LogP contribution in [0.15, 0.2) is 12.2 Å². The highest BCUT2D eigenvalue weighted by Crippen LogP contribution is 2.17. The van der Waals surface area contributed by atoms with E-state index in [-0.39, 0.29) is 12.3 Å². The summed E-state index contributed by atoms with van der Waals surface area (Å²) in [6.45, 7) is 2.24. The van der Waals surface area contributed by atoms with Crippen molar-refractivity contribution in [2.24, 2.45) is 5.92 Å². The molecule has 1 heterocycles. The highest BCUT2D eigenvalue weighted by Gasteiger charge is 2.30. The number of hydrogen-bond donors (Lipinski definition) is 0. The zero-order valence-electron chi connectivity index (χ0n) is 12.0. The summed E-state index contributed by atoms with van der Waals surface area (Å²) >= 11 is 0. The van der Waals surface area contributed by atoms with E-state index in [2.05, 4.69) is 11.7 Å². The van der Waals surface area contributed by atoms with Crippen molar-refractivity contribution in [2.45, 2.75) is 71.1 Å². The zero-order valence-corrected chi connectivity index (χ0v) is 12.0. The van der Waals surface area contributed by atoms with Crippen LogP contribution in [0.25, 0.3) is 0 Å². The molecule has 0 spiro atoms. The predicted molar refractivity (Wildman–Crippen MR) is 75.6 cm³/mol. The monoisotopic (exact) mass is 266 g/mol. The van der Waals surface area contributed by atoms with Crippen LogP contribution < -0.4 is 0 Å². The fraction of sp³-hybridized carbons (Fsp3) is 0.750. The third-order valence-corrected chi connectivity index (χ3v) is 3.50. The van der Waals surface area contributed by atoms with E-state index in [0.717, 1.165) is 6.42 Å². The van der Waals surface area contributed by atoms with Gasteiger partial charge in [0.1, 0.15) is 0 Å². The summed E-state index contributed by atoms with van der Waals surface area (Å²) < 4.78 is 4.49. The molecule has 0 aromatic carbocycles. The summed E-state index contributed by atoms with van der Waals surface area (Å²) in [5.41, 5.74) is 0. The third-order valence-electron chi connectivity index (χ3n) is 3.50. The molecule has 0 amide bonds. The van der Waals surface area contributed by atoms with E-state index in [4.69, 9.17) is 0 Å². The Balaban J connectivity index is 1.93. The predicted octanol–water partition coefficient (Wildman–Crippen LogP) is 4.16. The van der Waals surface area contributed by atoms with E-state index in [1.807, 2.05) is 12.2 Å². The van der Waals surface area contributed by atoms with Crippen molar-refractivity contribution in [2.75, 3.05) is 0 Å². The van der Waals surface area contributed by atoms with Crippen LogP contribution in [0, 0.1) is 5.92 Å². The van der Waals surface area contributed by atoms with Gasteiger partial charge >= 0.3 is 11.9 Å². The largest absolute Gasteiger partial charge is 0.393 e. The fourth-order valence-electron chi connectivity index (χ4n) is 2.30. The molecule has 3 nitrogen and oxygen atoms in total. The molecule has 108 valence electrons. The van der Waals surface area contributed by atoms with Gasteiger partial charge in [-0.3, -0.25) is 9.59 Å². The highest BCUT2D eigenvalue weighted by atomic mass is 16.6. The van der Waals surface area contributed by atoms with Crippen molar-refractivity contribution in [1.29, 1.82) is 0 Å². The first-order valence-corrected chi connectivity index (χ1v) is 7.65. The van der Waals surface area contributed by atoms with Gasteiger partial charge < -0.3 is 4.74 Å². The second-order valence-corrected chi connectivity index (χ2v) is 5.30. The summed E-state index contributed by atoms with van der Waals surface area (Å²) in [6, 6.07) is 0. The number of allylic oxidation sites excluding steroid dienone is 1. The standard InChI is InChI=1S/C16H26O3/c1-2-3-4-5-6-7-8-9-10-11-12-14-13-15(17)19-16(14)18/h11-12,14H,2-10,13H2,1H3/b12-11-/t14-/m0/s1. The van der Waals surface area contributed by atoms with Crippen LogP contribution in [-0.2, 0) is 14.3 Å². The van der Waals surface area contributed by atoms with Crippen LogP contribution in [0.3, 0.4) is 0 Å². The maximum absolute atomic E-state index is 11.2. The van der Waals surface area contributed by atoms with Crippen LogP contribution >= 0.6 is 0 Å². The van der Waals surface area contributed by atoms with Crippen LogP contribution in [0.2, 0.25) is 0 Å². The van der Waals surface area contributed by atoms with E-state index in [1.54, 1.807) is 0 Å². The number of carbonyl (C=O) groups excluding carboxylic acids is 2. The van der Waals surface area contributed by atoms with Gasteiger partial charge in [0.25, 0.3) is 0 Å². The van der Waals surface area contributed by atoms with Crippen LogP contribution in [0.1, 0.15) is 71.1 Å². The minimum Gasteiger partial charge on any atom is -0.393 e.